The molecule has 0 aliphatic carbocycles. The van der Waals surface area contributed by atoms with Crippen LogP contribution in [0.15, 0.2) is 36.5 Å². The molecule has 1 aromatic carbocycles. The van der Waals surface area contributed by atoms with Crippen LogP contribution in [-0.2, 0) is 5.54 Å². The number of hydrogen-bond donors (Lipinski definition) is 2. The Morgan fingerprint density at radius 1 is 0.917 bits per heavy atom. The predicted molar refractivity (Wildman–Crippen MR) is 103 cm³/mol. The molecule has 0 saturated carbocycles. The van der Waals surface area contributed by atoms with Crippen LogP contribution in [0.4, 0.5) is 0 Å². The molecule has 1 unspecified atom stereocenters. The topological polar surface area (TPSA) is 54.7 Å². The first-order chi connectivity index (χ1) is 11.7. The summed E-state index contributed by atoms with van der Waals surface area (Å²) < 4.78 is 0. The molecule has 1 heterocycles. The molecule has 0 aliphatic heterocycles. The fraction of sp³-hybridized carbons (Fsp3) is 0.571. The summed E-state index contributed by atoms with van der Waals surface area (Å²) in [7, 11) is 0. The molecule has 132 valence electrons. The number of aromatic amines is 1. The van der Waals surface area contributed by atoms with Gasteiger partial charge in [0.1, 0.15) is 5.82 Å². The highest BCUT2D eigenvalue weighted by Gasteiger charge is 2.29. The van der Waals surface area contributed by atoms with Crippen molar-refractivity contribution in [1.82, 2.24) is 9.97 Å². The molecule has 2 aromatic rings. The first-order valence-corrected chi connectivity index (χ1v) is 9.59. The predicted octanol–water partition coefficient (Wildman–Crippen LogP) is 5.78. The van der Waals surface area contributed by atoms with Gasteiger partial charge in [0.2, 0.25) is 0 Å². The molecule has 24 heavy (non-hydrogen) atoms. The van der Waals surface area contributed by atoms with Crippen molar-refractivity contribution in [2.24, 2.45) is 5.73 Å². The van der Waals surface area contributed by atoms with Gasteiger partial charge >= 0.3 is 0 Å². The number of hydrogen-bond acceptors (Lipinski definition) is 2. The second kappa shape index (κ2) is 9.63. The Balaban J connectivity index is 2.11. The molecule has 1 aromatic heterocycles. The SMILES string of the molecule is CCCCCCC(N)(CCCCC)c1ncc(-c2ccccc2)[nH]1. The van der Waals surface area contributed by atoms with Crippen LogP contribution in [0.1, 0.15) is 77.5 Å². The maximum absolute atomic E-state index is 6.84. The zero-order valence-electron chi connectivity index (χ0n) is 15.4. The molecule has 0 amide bonds. The highest BCUT2D eigenvalue weighted by molar-refractivity contribution is 5.58. The molecule has 0 bridgehead atoms. The van der Waals surface area contributed by atoms with Crippen molar-refractivity contribution in [3.05, 3.63) is 42.4 Å². The van der Waals surface area contributed by atoms with Crippen LogP contribution in [0, 0.1) is 0 Å². The quantitative estimate of drug-likeness (QED) is 0.514. The standard InChI is InChI=1S/C21H33N3/c1-3-5-7-12-16-21(22,15-11-6-4-2)20-23-17-19(24-20)18-13-9-8-10-14-18/h8-10,13-14,17H,3-7,11-12,15-16,22H2,1-2H3,(H,23,24). The van der Waals surface area contributed by atoms with Crippen molar-refractivity contribution < 1.29 is 0 Å². The molecule has 0 fully saturated rings. The maximum Gasteiger partial charge on any atom is 0.126 e. The first-order valence-electron chi connectivity index (χ1n) is 9.59. The molecule has 3 N–H and O–H groups in total. The summed E-state index contributed by atoms with van der Waals surface area (Å²) in [6, 6.07) is 10.4. The molecule has 0 radical (unpaired) electrons. The Bertz CT molecular complexity index is 576. The monoisotopic (exact) mass is 327 g/mol. The fourth-order valence-electron chi connectivity index (χ4n) is 3.26. The van der Waals surface area contributed by atoms with Gasteiger partial charge < -0.3 is 10.7 Å². The highest BCUT2D eigenvalue weighted by atomic mass is 15.0. The van der Waals surface area contributed by atoms with Crippen LogP contribution in [0.3, 0.4) is 0 Å². The minimum absolute atomic E-state index is 0.323. The molecule has 3 nitrogen and oxygen atoms in total. The van der Waals surface area contributed by atoms with Gasteiger partial charge in [-0.25, -0.2) is 4.98 Å². The minimum Gasteiger partial charge on any atom is -0.340 e. The van der Waals surface area contributed by atoms with Crippen molar-refractivity contribution >= 4 is 0 Å². The third-order valence-electron chi connectivity index (χ3n) is 4.84. The van der Waals surface area contributed by atoms with Crippen LogP contribution < -0.4 is 5.73 Å². The minimum atomic E-state index is -0.323. The van der Waals surface area contributed by atoms with Crippen LogP contribution in [-0.4, -0.2) is 9.97 Å². The Labute approximate surface area is 147 Å². The van der Waals surface area contributed by atoms with Crippen LogP contribution in [0.25, 0.3) is 11.3 Å². The molecular weight excluding hydrogens is 294 g/mol. The van der Waals surface area contributed by atoms with Crippen molar-refractivity contribution in [3.63, 3.8) is 0 Å². The number of nitrogens with two attached hydrogens (primary N) is 1. The fourth-order valence-corrected chi connectivity index (χ4v) is 3.26. The van der Waals surface area contributed by atoms with E-state index in [2.05, 4.69) is 48.1 Å². The molecule has 0 saturated heterocycles. The number of rotatable bonds is 11. The molecular formula is C21H33N3. The lowest BCUT2D eigenvalue weighted by molar-refractivity contribution is 0.330. The first kappa shape index (κ1) is 18.7. The normalized spacial score (nSPS) is 13.8. The van der Waals surface area contributed by atoms with Crippen molar-refractivity contribution in [2.45, 2.75) is 77.2 Å². The van der Waals surface area contributed by atoms with E-state index >= 15 is 0 Å². The van der Waals surface area contributed by atoms with Gasteiger partial charge in [0.15, 0.2) is 0 Å². The summed E-state index contributed by atoms with van der Waals surface area (Å²) >= 11 is 0. The molecule has 2 rings (SSSR count). The number of H-pyrrole nitrogens is 1. The maximum atomic E-state index is 6.84. The zero-order chi connectivity index (χ0) is 17.3. The van der Waals surface area contributed by atoms with Crippen molar-refractivity contribution in [1.29, 1.82) is 0 Å². The van der Waals surface area contributed by atoms with Gasteiger partial charge in [-0.05, 0) is 18.4 Å². The Hall–Kier alpha value is -1.61. The third-order valence-corrected chi connectivity index (χ3v) is 4.84. The molecule has 0 aliphatic rings. The molecule has 1 atom stereocenters. The number of nitrogens with one attached hydrogen (secondary N) is 1. The molecule has 3 heteroatoms. The second-order valence-electron chi connectivity index (χ2n) is 6.94. The van der Waals surface area contributed by atoms with E-state index in [0.29, 0.717) is 0 Å². The van der Waals surface area contributed by atoms with Gasteiger partial charge in [-0.2, -0.15) is 0 Å². The van der Waals surface area contributed by atoms with Crippen molar-refractivity contribution in [3.8, 4) is 11.3 Å². The number of nitrogens with zero attached hydrogens (tertiary/aromatic N) is 1. The van der Waals surface area contributed by atoms with E-state index in [-0.39, 0.29) is 5.54 Å². The lowest BCUT2D eigenvalue weighted by atomic mass is 9.86. The second-order valence-corrected chi connectivity index (χ2v) is 6.94. The summed E-state index contributed by atoms with van der Waals surface area (Å²) in [5.74, 6) is 0.953. The number of imidazole rings is 1. The lowest BCUT2D eigenvalue weighted by Gasteiger charge is -2.27. The van der Waals surface area contributed by atoms with E-state index in [0.717, 1.165) is 29.9 Å². The average Bonchev–Trinajstić information content (AvgIpc) is 3.11. The van der Waals surface area contributed by atoms with E-state index < -0.39 is 0 Å². The Morgan fingerprint density at radius 3 is 2.21 bits per heavy atom. The summed E-state index contributed by atoms with van der Waals surface area (Å²) in [5, 5.41) is 0. The van der Waals surface area contributed by atoms with Gasteiger partial charge in [-0.3, -0.25) is 0 Å². The van der Waals surface area contributed by atoms with Gasteiger partial charge in [0, 0.05) is 0 Å². The van der Waals surface area contributed by atoms with Gasteiger partial charge in [-0.1, -0.05) is 89.1 Å². The Kier molecular flexibility index (Phi) is 7.51. The van der Waals surface area contributed by atoms with E-state index in [9.17, 15) is 0 Å². The van der Waals surface area contributed by atoms with Crippen LogP contribution in [0.2, 0.25) is 0 Å². The van der Waals surface area contributed by atoms with E-state index in [1.807, 2.05) is 12.3 Å². The Morgan fingerprint density at radius 2 is 1.54 bits per heavy atom. The van der Waals surface area contributed by atoms with E-state index in [1.165, 1.54) is 44.9 Å². The average molecular weight is 328 g/mol. The van der Waals surface area contributed by atoms with Gasteiger partial charge in [0.05, 0.1) is 17.4 Å². The van der Waals surface area contributed by atoms with Gasteiger partial charge in [-0.15, -0.1) is 0 Å². The summed E-state index contributed by atoms with van der Waals surface area (Å²) in [5.41, 5.74) is 8.74. The number of benzene rings is 1. The highest BCUT2D eigenvalue weighted by Crippen LogP contribution is 2.30. The summed E-state index contributed by atoms with van der Waals surface area (Å²) in [6.07, 6.45) is 12.6. The smallest absolute Gasteiger partial charge is 0.126 e. The molecule has 0 spiro atoms. The van der Waals surface area contributed by atoms with Crippen LogP contribution in [0.5, 0.6) is 0 Å². The van der Waals surface area contributed by atoms with E-state index in [4.69, 9.17) is 5.73 Å². The number of unbranched alkanes of at least 4 members (excludes halogenated alkanes) is 5. The zero-order valence-corrected chi connectivity index (χ0v) is 15.4. The largest absolute Gasteiger partial charge is 0.340 e. The number of aromatic nitrogens is 2. The van der Waals surface area contributed by atoms with E-state index in [1.54, 1.807) is 0 Å². The summed E-state index contributed by atoms with van der Waals surface area (Å²) in [4.78, 5) is 8.16. The van der Waals surface area contributed by atoms with Crippen LogP contribution >= 0.6 is 0 Å². The summed E-state index contributed by atoms with van der Waals surface area (Å²) in [6.45, 7) is 4.48. The third kappa shape index (κ3) is 5.20. The lowest BCUT2D eigenvalue weighted by Crippen LogP contribution is -2.38. The van der Waals surface area contributed by atoms with Gasteiger partial charge in [0.25, 0.3) is 0 Å². The van der Waals surface area contributed by atoms with Crippen molar-refractivity contribution in [2.75, 3.05) is 0 Å².